The van der Waals surface area contributed by atoms with Gasteiger partial charge in [-0.05, 0) is 41.5 Å². The summed E-state index contributed by atoms with van der Waals surface area (Å²) in [6.07, 6.45) is 1.85. The Labute approximate surface area is 172 Å². The first kappa shape index (κ1) is 19.6. The summed E-state index contributed by atoms with van der Waals surface area (Å²) in [5.74, 6) is -2.09. The van der Waals surface area contributed by atoms with Gasteiger partial charge in [0.25, 0.3) is 0 Å². The van der Waals surface area contributed by atoms with Crippen LogP contribution in [0.3, 0.4) is 0 Å². The van der Waals surface area contributed by atoms with E-state index in [-0.39, 0.29) is 6.42 Å². The number of carboxylic acids is 1. The first-order valence-electron chi connectivity index (χ1n) is 9.48. The Bertz CT molecular complexity index is 1220. The Morgan fingerprint density at radius 3 is 2.47 bits per heavy atom. The molecule has 0 radical (unpaired) electrons. The fourth-order valence-electron chi connectivity index (χ4n) is 3.67. The zero-order valence-corrected chi connectivity index (χ0v) is 16.3. The minimum Gasteiger partial charge on any atom is -0.481 e. The van der Waals surface area contributed by atoms with E-state index in [0.29, 0.717) is 12.2 Å². The maximum Gasteiger partial charge on any atom is 0.307 e. The number of rotatable bonds is 6. The van der Waals surface area contributed by atoms with Crippen LogP contribution in [0.2, 0.25) is 0 Å². The van der Waals surface area contributed by atoms with Gasteiger partial charge < -0.3 is 14.6 Å². The number of halogens is 2. The van der Waals surface area contributed by atoms with Crippen molar-refractivity contribution in [1.29, 1.82) is 0 Å². The van der Waals surface area contributed by atoms with Crippen molar-refractivity contribution >= 4 is 28.2 Å². The second-order valence-electron chi connectivity index (χ2n) is 7.19. The van der Waals surface area contributed by atoms with Gasteiger partial charge in [-0.15, -0.1) is 0 Å². The normalized spacial score (nSPS) is 11.0. The van der Waals surface area contributed by atoms with E-state index in [1.807, 2.05) is 59.3 Å². The highest BCUT2D eigenvalue weighted by Gasteiger charge is 2.13. The van der Waals surface area contributed by atoms with Crippen LogP contribution in [-0.2, 0) is 17.8 Å². The minimum absolute atomic E-state index is 0.0273. The smallest absolute Gasteiger partial charge is 0.307 e. The number of anilines is 2. The van der Waals surface area contributed by atoms with Crippen LogP contribution in [0.5, 0.6) is 0 Å². The van der Waals surface area contributed by atoms with Crippen molar-refractivity contribution in [1.82, 2.24) is 4.57 Å². The third kappa shape index (κ3) is 3.89. The molecule has 4 nitrogen and oxygen atoms in total. The third-order valence-electron chi connectivity index (χ3n) is 5.16. The topological polar surface area (TPSA) is 45.5 Å². The zero-order valence-electron chi connectivity index (χ0n) is 16.3. The van der Waals surface area contributed by atoms with Crippen LogP contribution >= 0.6 is 0 Å². The average molecular weight is 406 g/mol. The van der Waals surface area contributed by atoms with Crippen molar-refractivity contribution in [3.63, 3.8) is 0 Å². The molecule has 1 N–H and O–H groups in total. The maximum absolute atomic E-state index is 14.1. The number of hydrogen-bond donors (Lipinski definition) is 1. The molecule has 4 aromatic rings. The van der Waals surface area contributed by atoms with Gasteiger partial charge in [-0.25, -0.2) is 8.78 Å². The molecule has 0 spiro atoms. The van der Waals surface area contributed by atoms with Gasteiger partial charge in [0.15, 0.2) is 0 Å². The first-order valence-corrected chi connectivity index (χ1v) is 9.48. The number of carboxylic acid groups (broad SMARTS) is 1. The molecular weight excluding hydrogens is 386 g/mol. The van der Waals surface area contributed by atoms with E-state index in [4.69, 9.17) is 0 Å². The largest absolute Gasteiger partial charge is 0.481 e. The van der Waals surface area contributed by atoms with Gasteiger partial charge in [0.05, 0.1) is 12.1 Å². The number of hydrogen-bond acceptors (Lipinski definition) is 2. The lowest BCUT2D eigenvalue weighted by molar-refractivity contribution is -0.136. The van der Waals surface area contributed by atoms with Crippen LogP contribution in [0.4, 0.5) is 20.2 Å². The van der Waals surface area contributed by atoms with Crippen LogP contribution < -0.4 is 4.90 Å². The van der Waals surface area contributed by atoms with Crippen LogP contribution in [0.15, 0.2) is 72.9 Å². The maximum atomic E-state index is 14.1. The van der Waals surface area contributed by atoms with E-state index < -0.39 is 17.6 Å². The molecule has 0 amide bonds. The standard InChI is InChI=1S/C24H20F2N2O2/c1-27(23-11-8-18(25)13-21(23)26)19-9-6-16(7-10-19)14-28-15-17(12-24(29)30)20-4-2-3-5-22(20)28/h2-11,13,15H,12,14H2,1H3,(H,29,30). The Morgan fingerprint density at radius 1 is 1.03 bits per heavy atom. The SMILES string of the molecule is CN(c1ccc(Cn2cc(CC(=O)O)c3ccccc32)cc1)c1ccc(F)cc1F. The van der Waals surface area contributed by atoms with Crippen LogP contribution in [0, 0.1) is 11.6 Å². The number of carbonyl (C=O) groups is 1. The Morgan fingerprint density at radius 2 is 1.77 bits per heavy atom. The molecule has 0 aliphatic carbocycles. The molecule has 30 heavy (non-hydrogen) atoms. The summed E-state index contributed by atoms with van der Waals surface area (Å²) in [4.78, 5) is 12.8. The molecule has 6 heteroatoms. The predicted molar refractivity (Wildman–Crippen MR) is 113 cm³/mol. The van der Waals surface area contributed by atoms with Crippen LogP contribution in [0.25, 0.3) is 10.9 Å². The monoisotopic (exact) mass is 406 g/mol. The lowest BCUT2D eigenvalue weighted by Gasteiger charge is -2.20. The molecule has 0 aliphatic heterocycles. The number of aliphatic carboxylic acids is 1. The fourth-order valence-corrected chi connectivity index (χ4v) is 3.67. The molecule has 1 heterocycles. The summed E-state index contributed by atoms with van der Waals surface area (Å²) in [5, 5.41) is 10.1. The van der Waals surface area contributed by atoms with Crippen LogP contribution in [0.1, 0.15) is 11.1 Å². The number of nitrogens with zero attached hydrogens (tertiary/aromatic N) is 2. The highest BCUT2D eigenvalue weighted by Crippen LogP contribution is 2.28. The van der Waals surface area contributed by atoms with Gasteiger partial charge in [0, 0.05) is 42.4 Å². The second-order valence-corrected chi connectivity index (χ2v) is 7.19. The van der Waals surface area contributed by atoms with Gasteiger partial charge in [0.1, 0.15) is 11.6 Å². The molecule has 4 rings (SSSR count). The van der Waals surface area contributed by atoms with Crippen molar-refractivity contribution in [3.8, 4) is 0 Å². The summed E-state index contributed by atoms with van der Waals surface area (Å²) in [5.41, 5.74) is 3.84. The highest BCUT2D eigenvalue weighted by atomic mass is 19.1. The van der Waals surface area contributed by atoms with Gasteiger partial charge in [0.2, 0.25) is 0 Å². The second kappa shape index (κ2) is 7.99. The van der Waals surface area contributed by atoms with E-state index in [2.05, 4.69) is 0 Å². The Hall–Kier alpha value is -3.67. The minimum atomic E-state index is -0.863. The highest BCUT2D eigenvalue weighted by molar-refractivity contribution is 5.87. The molecular formula is C24H20F2N2O2. The van der Waals surface area contributed by atoms with E-state index in [9.17, 15) is 18.7 Å². The average Bonchev–Trinajstić information content (AvgIpc) is 3.05. The molecule has 0 fully saturated rings. The lowest BCUT2D eigenvalue weighted by atomic mass is 10.1. The van der Waals surface area contributed by atoms with Gasteiger partial charge >= 0.3 is 5.97 Å². The summed E-state index contributed by atoms with van der Waals surface area (Å²) in [6.45, 7) is 0.578. The number of para-hydroxylation sites is 1. The van der Waals surface area contributed by atoms with E-state index in [1.165, 1.54) is 12.1 Å². The van der Waals surface area contributed by atoms with Gasteiger partial charge in [-0.3, -0.25) is 4.79 Å². The molecule has 152 valence electrons. The molecule has 0 saturated heterocycles. The third-order valence-corrected chi connectivity index (χ3v) is 5.16. The van der Waals surface area contributed by atoms with Gasteiger partial charge in [-0.1, -0.05) is 30.3 Å². The van der Waals surface area contributed by atoms with E-state index in [0.717, 1.165) is 33.8 Å². The summed E-state index contributed by atoms with van der Waals surface area (Å²) in [7, 11) is 1.73. The summed E-state index contributed by atoms with van der Waals surface area (Å²) in [6, 6.07) is 18.9. The van der Waals surface area contributed by atoms with Crippen molar-refractivity contribution in [3.05, 3.63) is 95.7 Å². The Balaban J connectivity index is 1.59. The zero-order chi connectivity index (χ0) is 21.3. The van der Waals surface area contributed by atoms with Crippen molar-refractivity contribution in [2.75, 3.05) is 11.9 Å². The van der Waals surface area contributed by atoms with E-state index in [1.54, 1.807) is 11.9 Å². The predicted octanol–water partition coefficient (Wildman–Crippen LogP) is 5.36. The van der Waals surface area contributed by atoms with Crippen LogP contribution in [-0.4, -0.2) is 22.7 Å². The molecule has 1 aromatic heterocycles. The van der Waals surface area contributed by atoms with E-state index >= 15 is 0 Å². The fraction of sp³-hybridized carbons (Fsp3) is 0.125. The quantitative estimate of drug-likeness (QED) is 0.469. The molecule has 0 bridgehead atoms. The number of benzene rings is 3. The summed E-state index contributed by atoms with van der Waals surface area (Å²) >= 11 is 0. The molecule has 0 atom stereocenters. The lowest BCUT2D eigenvalue weighted by Crippen LogP contribution is -2.11. The number of fused-ring (bicyclic) bond motifs is 1. The molecule has 3 aromatic carbocycles. The Kier molecular flexibility index (Phi) is 5.23. The molecule has 0 saturated carbocycles. The summed E-state index contributed by atoms with van der Waals surface area (Å²) < 4.78 is 29.3. The number of aromatic nitrogens is 1. The van der Waals surface area contributed by atoms with Crippen molar-refractivity contribution < 1.29 is 18.7 Å². The van der Waals surface area contributed by atoms with Crippen molar-refractivity contribution in [2.24, 2.45) is 0 Å². The van der Waals surface area contributed by atoms with Gasteiger partial charge in [-0.2, -0.15) is 0 Å². The van der Waals surface area contributed by atoms with Crippen molar-refractivity contribution in [2.45, 2.75) is 13.0 Å². The first-order chi connectivity index (χ1) is 14.4. The molecule has 0 unspecified atom stereocenters. The molecule has 0 aliphatic rings.